The molecule has 3 aliphatic rings. The molecule has 2 aromatic carbocycles. The molecule has 3 aliphatic heterocycles. The Balaban J connectivity index is 1.56. The summed E-state index contributed by atoms with van der Waals surface area (Å²) in [7, 11) is 0. The third-order valence-corrected chi connectivity index (χ3v) is 8.51. The summed E-state index contributed by atoms with van der Waals surface area (Å²) in [6, 6.07) is 12.1. The van der Waals surface area contributed by atoms with Gasteiger partial charge in [-0.05, 0) is 48.6 Å². The van der Waals surface area contributed by atoms with Gasteiger partial charge >= 0.3 is 5.97 Å². The summed E-state index contributed by atoms with van der Waals surface area (Å²) in [6.07, 6.45) is 4.80. The van der Waals surface area contributed by atoms with Crippen LogP contribution in [-0.4, -0.2) is 71.3 Å². The van der Waals surface area contributed by atoms with Crippen molar-refractivity contribution in [3.8, 4) is 0 Å². The Bertz CT molecular complexity index is 1290. The van der Waals surface area contributed by atoms with Crippen molar-refractivity contribution in [2.75, 3.05) is 24.7 Å². The quantitative estimate of drug-likeness (QED) is 0.270. The van der Waals surface area contributed by atoms with E-state index in [0.29, 0.717) is 31.4 Å². The molecule has 8 heteroatoms. The molecule has 0 radical (unpaired) electrons. The maximum atomic E-state index is 14.6. The number of nitrogens with zero attached hydrogens (tertiary/aromatic N) is 2. The molecule has 8 nitrogen and oxygen atoms in total. The van der Waals surface area contributed by atoms with E-state index in [1.807, 2.05) is 49.4 Å². The highest BCUT2D eigenvalue weighted by Crippen LogP contribution is 2.59. The summed E-state index contributed by atoms with van der Waals surface area (Å²) >= 11 is 0. The number of likely N-dealkylation sites (tertiary alicyclic amines) is 1. The van der Waals surface area contributed by atoms with Crippen LogP contribution < -0.4 is 4.90 Å². The SMILES string of the molecule is C=CCCOC(=O)[C@@H]1[C@H]2C(=O)N([C@@H](CC)CO)C(C(=O)N(CC=C)c3ccc4ccccc4c3)C23CC[C@H]1O3. The molecule has 1 N–H and O–H groups in total. The number of rotatable bonds is 11. The number of benzene rings is 2. The van der Waals surface area contributed by atoms with Crippen LogP contribution in [-0.2, 0) is 23.9 Å². The van der Waals surface area contributed by atoms with Gasteiger partial charge in [0.1, 0.15) is 11.6 Å². The Morgan fingerprint density at radius 1 is 1.23 bits per heavy atom. The summed E-state index contributed by atoms with van der Waals surface area (Å²) in [5.41, 5.74) is -0.490. The zero-order valence-electron chi connectivity index (χ0n) is 22.3. The van der Waals surface area contributed by atoms with Crippen molar-refractivity contribution in [3.63, 3.8) is 0 Å². The molecule has 3 heterocycles. The van der Waals surface area contributed by atoms with Crippen LogP contribution in [0.2, 0.25) is 0 Å². The number of amides is 2. The summed E-state index contributed by atoms with van der Waals surface area (Å²) in [6.45, 7) is 9.49. The Kier molecular flexibility index (Phi) is 7.60. The number of anilines is 1. The fourth-order valence-electron chi connectivity index (χ4n) is 6.73. The first-order valence-electron chi connectivity index (χ1n) is 13.7. The molecule has 2 aromatic rings. The van der Waals surface area contributed by atoms with Crippen LogP contribution in [0.3, 0.4) is 0 Å². The van der Waals surface area contributed by atoms with E-state index in [9.17, 15) is 19.5 Å². The number of esters is 1. The molecule has 1 spiro atoms. The molecular weight excluding hydrogens is 496 g/mol. The summed E-state index contributed by atoms with van der Waals surface area (Å²) in [5, 5.41) is 12.3. The maximum Gasteiger partial charge on any atom is 0.312 e. The Morgan fingerprint density at radius 3 is 2.69 bits per heavy atom. The Morgan fingerprint density at radius 2 is 2.00 bits per heavy atom. The Hall–Kier alpha value is -3.49. The molecule has 39 heavy (non-hydrogen) atoms. The molecule has 3 saturated heterocycles. The number of carbonyl (C=O) groups excluding carboxylic acids is 3. The van der Waals surface area contributed by atoms with Crippen LogP contribution >= 0.6 is 0 Å². The highest BCUT2D eigenvalue weighted by atomic mass is 16.6. The molecular formula is C31H36N2O6. The van der Waals surface area contributed by atoms with E-state index in [0.717, 1.165) is 10.8 Å². The average Bonchev–Trinajstić information content (AvgIpc) is 3.60. The van der Waals surface area contributed by atoms with Crippen molar-refractivity contribution in [2.45, 2.75) is 56.4 Å². The molecule has 0 aromatic heterocycles. The number of hydrogen-bond acceptors (Lipinski definition) is 6. The van der Waals surface area contributed by atoms with Crippen LogP contribution in [0.15, 0.2) is 67.8 Å². The smallest absolute Gasteiger partial charge is 0.312 e. The van der Waals surface area contributed by atoms with E-state index in [1.54, 1.807) is 17.1 Å². The van der Waals surface area contributed by atoms with Crippen molar-refractivity contribution in [3.05, 3.63) is 67.8 Å². The zero-order valence-corrected chi connectivity index (χ0v) is 22.3. The van der Waals surface area contributed by atoms with Gasteiger partial charge in [-0.3, -0.25) is 14.4 Å². The molecule has 3 fully saturated rings. The lowest BCUT2D eigenvalue weighted by Crippen LogP contribution is -2.59. The maximum absolute atomic E-state index is 14.6. The van der Waals surface area contributed by atoms with E-state index in [1.165, 1.54) is 4.90 Å². The third-order valence-electron chi connectivity index (χ3n) is 8.51. The summed E-state index contributed by atoms with van der Waals surface area (Å²) in [5.74, 6) is -2.76. The standard InChI is InChI=1S/C31H36N2O6/c1-4-7-17-38-30(37)25-24-14-15-31(39-24)26(25)28(35)33(22(6-3)19-34)27(31)29(36)32(16-5-2)23-13-12-20-10-8-9-11-21(20)18-23/h4-5,8-13,18,22,24-27,34H,1-2,6-7,14-17,19H2,3H3/t22-,24+,25-,26-,27?,31?/m0/s1. The van der Waals surface area contributed by atoms with Gasteiger partial charge in [0.2, 0.25) is 5.91 Å². The topological polar surface area (TPSA) is 96.4 Å². The van der Waals surface area contributed by atoms with Gasteiger partial charge < -0.3 is 24.4 Å². The summed E-state index contributed by atoms with van der Waals surface area (Å²) in [4.78, 5) is 45.0. The molecule has 6 atom stereocenters. The number of hydrogen-bond donors (Lipinski definition) is 1. The number of aliphatic hydroxyl groups is 1. The molecule has 2 amide bonds. The number of fused-ring (bicyclic) bond motifs is 2. The Labute approximate surface area is 228 Å². The minimum Gasteiger partial charge on any atom is -0.465 e. The van der Waals surface area contributed by atoms with Gasteiger partial charge in [-0.1, -0.05) is 49.4 Å². The minimum absolute atomic E-state index is 0.175. The van der Waals surface area contributed by atoms with Crippen molar-refractivity contribution < 1.29 is 29.0 Å². The molecule has 5 rings (SSSR count). The van der Waals surface area contributed by atoms with Crippen molar-refractivity contribution in [1.82, 2.24) is 4.90 Å². The second-order valence-corrected chi connectivity index (χ2v) is 10.6. The highest BCUT2D eigenvalue weighted by molar-refractivity contribution is 6.05. The predicted octanol–water partition coefficient (Wildman–Crippen LogP) is 3.62. The van der Waals surface area contributed by atoms with Gasteiger partial charge in [0.15, 0.2) is 0 Å². The first-order chi connectivity index (χ1) is 18.9. The van der Waals surface area contributed by atoms with E-state index < -0.39 is 41.6 Å². The molecule has 0 saturated carbocycles. The highest BCUT2D eigenvalue weighted by Gasteiger charge is 2.75. The number of ether oxygens (including phenoxy) is 2. The fourth-order valence-corrected chi connectivity index (χ4v) is 6.73. The zero-order chi connectivity index (χ0) is 27.7. The van der Waals surface area contributed by atoms with Crippen molar-refractivity contribution in [1.29, 1.82) is 0 Å². The molecule has 2 bridgehead atoms. The van der Waals surface area contributed by atoms with Crippen molar-refractivity contribution >= 4 is 34.2 Å². The van der Waals surface area contributed by atoms with E-state index >= 15 is 0 Å². The largest absolute Gasteiger partial charge is 0.465 e. The molecule has 2 unspecified atom stereocenters. The summed E-state index contributed by atoms with van der Waals surface area (Å²) < 4.78 is 12.0. The monoisotopic (exact) mass is 532 g/mol. The van der Waals surface area contributed by atoms with Crippen LogP contribution in [0.25, 0.3) is 10.8 Å². The van der Waals surface area contributed by atoms with E-state index in [2.05, 4.69) is 13.2 Å². The van der Waals surface area contributed by atoms with Gasteiger partial charge in [-0.15, -0.1) is 13.2 Å². The predicted molar refractivity (Wildman–Crippen MR) is 148 cm³/mol. The lowest BCUT2D eigenvalue weighted by molar-refractivity contribution is -0.155. The van der Waals surface area contributed by atoms with Crippen LogP contribution in [0.4, 0.5) is 5.69 Å². The van der Waals surface area contributed by atoms with Gasteiger partial charge in [0, 0.05) is 12.2 Å². The molecule has 206 valence electrons. The molecule has 0 aliphatic carbocycles. The van der Waals surface area contributed by atoms with Gasteiger partial charge in [-0.25, -0.2) is 0 Å². The van der Waals surface area contributed by atoms with E-state index in [4.69, 9.17) is 9.47 Å². The van der Waals surface area contributed by atoms with Crippen LogP contribution in [0.1, 0.15) is 32.6 Å². The second kappa shape index (κ2) is 10.9. The van der Waals surface area contributed by atoms with Crippen molar-refractivity contribution in [2.24, 2.45) is 11.8 Å². The van der Waals surface area contributed by atoms with Gasteiger partial charge in [0.05, 0.1) is 37.2 Å². The normalized spacial score (nSPS) is 27.8. The first kappa shape index (κ1) is 27.1. The van der Waals surface area contributed by atoms with Crippen LogP contribution in [0.5, 0.6) is 0 Å². The lowest BCUT2D eigenvalue weighted by atomic mass is 9.70. The lowest BCUT2D eigenvalue weighted by Gasteiger charge is -2.39. The number of carbonyl (C=O) groups is 3. The first-order valence-corrected chi connectivity index (χ1v) is 13.7. The second-order valence-electron chi connectivity index (χ2n) is 10.6. The third kappa shape index (κ3) is 4.36. The average molecular weight is 533 g/mol. The van der Waals surface area contributed by atoms with Gasteiger partial charge in [-0.2, -0.15) is 0 Å². The van der Waals surface area contributed by atoms with E-state index in [-0.39, 0.29) is 31.6 Å². The minimum atomic E-state index is -1.17. The van der Waals surface area contributed by atoms with Gasteiger partial charge in [0.25, 0.3) is 5.91 Å². The number of aliphatic hydroxyl groups excluding tert-OH is 1. The van der Waals surface area contributed by atoms with Crippen LogP contribution in [0, 0.1) is 11.8 Å². The fraction of sp³-hybridized carbons (Fsp3) is 0.452.